The van der Waals surface area contributed by atoms with Gasteiger partial charge in [0.25, 0.3) is 0 Å². The van der Waals surface area contributed by atoms with Crippen molar-refractivity contribution in [2.45, 2.75) is 24.8 Å². The molecule has 0 aliphatic carbocycles. The first-order valence-corrected chi connectivity index (χ1v) is 10.2. The number of hydrogen-bond donors (Lipinski definition) is 0. The van der Waals surface area contributed by atoms with Crippen LogP contribution in [-0.4, -0.2) is 46.6 Å². The van der Waals surface area contributed by atoms with Crippen LogP contribution in [0.15, 0.2) is 41.3 Å². The Morgan fingerprint density at radius 1 is 1.04 bits per heavy atom. The molecule has 27 heavy (non-hydrogen) atoms. The molecule has 1 fully saturated rings. The van der Waals surface area contributed by atoms with E-state index in [1.807, 2.05) is 31.2 Å². The molecule has 3 rings (SSSR count). The van der Waals surface area contributed by atoms with Crippen molar-refractivity contribution in [1.82, 2.24) is 4.31 Å². The normalized spacial score (nSPS) is 18.3. The lowest BCUT2D eigenvalue weighted by Crippen LogP contribution is -2.42. The van der Waals surface area contributed by atoms with Crippen molar-refractivity contribution >= 4 is 10.0 Å². The van der Waals surface area contributed by atoms with E-state index in [-0.39, 0.29) is 12.6 Å². The van der Waals surface area contributed by atoms with Crippen molar-refractivity contribution in [3.63, 3.8) is 0 Å². The Labute approximate surface area is 160 Å². The van der Waals surface area contributed by atoms with Gasteiger partial charge in [-0.3, -0.25) is 0 Å². The third-order valence-electron chi connectivity index (χ3n) is 4.83. The molecule has 1 heterocycles. The molecule has 1 atom stereocenters. The molecule has 7 heteroatoms. The summed E-state index contributed by atoms with van der Waals surface area (Å²) in [4.78, 5) is 0.316. The van der Waals surface area contributed by atoms with Gasteiger partial charge in [-0.25, -0.2) is 8.42 Å². The highest BCUT2D eigenvalue weighted by molar-refractivity contribution is 7.89. The largest absolute Gasteiger partial charge is 0.497 e. The average molecular weight is 391 g/mol. The Morgan fingerprint density at radius 3 is 2.37 bits per heavy atom. The van der Waals surface area contributed by atoms with E-state index in [1.165, 1.54) is 4.31 Å². The van der Waals surface area contributed by atoms with Crippen LogP contribution >= 0.6 is 0 Å². The maximum absolute atomic E-state index is 13.2. The van der Waals surface area contributed by atoms with Crippen LogP contribution in [0.3, 0.4) is 0 Å². The number of rotatable bonds is 5. The predicted molar refractivity (Wildman–Crippen MR) is 103 cm³/mol. The molecule has 0 radical (unpaired) electrons. The first-order chi connectivity index (χ1) is 12.9. The summed E-state index contributed by atoms with van der Waals surface area (Å²) in [5.74, 6) is 1.44. The van der Waals surface area contributed by atoms with Gasteiger partial charge in [0, 0.05) is 13.1 Å². The van der Waals surface area contributed by atoms with Crippen molar-refractivity contribution in [3.8, 4) is 11.5 Å². The van der Waals surface area contributed by atoms with Crippen LogP contribution in [0.5, 0.6) is 11.5 Å². The van der Waals surface area contributed by atoms with Gasteiger partial charge in [-0.15, -0.1) is 0 Å². The standard InChI is InChI=1S/C20H25NO5S/c1-14-12-20(15(2)11-18(14)25-4)27(22,23)21-9-10-26-19(13-21)16-5-7-17(24-3)8-6-16/h5-8,11-12,19H,9-10,13H2,1-4H3. The monoisotopic (exact) mass is 391 g/mol. The molecule has 0 aromatic heterocycles. The van der Waals surface area contributed by atoms with Gasteiger partial charge in [-0.1, -0.05) is 12.1 Å². The number of aryl methyl sites for hydroxylation is 2. The summed E-state index contributed by atoms with van der Waals surface area (Å²) in [7, 11) is -0.429. The topological polar surface area (TPSA) is 65.1 Å². The summed E-state index contributed by atoms with van der Waals surface area (Å²) in [5, 5.41) is 0. The molecule has 0 N–H and O–H groups in total. The van der Waals surface area contributed by atoms with Crippen LogP contribution in [0.4, 0.5) is 0 Å². The zero-order valence-corrected chi connectivity index (χ0v) is 16.9. The Hall–Kier alpha value is -2.09. The SMILES string of the molecule is COc1ccc(C2CN(S(=O)(=O)c3cc(C)c(OC)cc3C)CCO2)cc1. The van der Waals surface area contributed by atoms with Gasteiger partial charge < -0.3 is 14.2 Å². The summed E-state index contributed by atoms with van der Waals surface area (Å²) in [6, 6.07) is 11.0. The lowest BCUT2D eigenvalue weighted by atomic mass is 10.1. The zero-order valence-electron chi connectivity index (χ0n) is 16.1. The van der Waals surface area contributed by atoms with Crippen LogP contribution in [0.1, 0.15) is 22.8 Å². The van der Waals surface area contributed by atoms with Gasteiger partial charge in [-0.05, 0) is 54.8 Å². The van der Waals surface area contributed by atoms with E-state index in [9.17, 15) is 8.42 Å². The van der Waals surface area contributed by atoms with E-state index in [0.29, 0.717) is 29.4 Å². The molecule has 0 bridgehead atoms. The molecule has 0 saturated carbocycles. The Kier molecular flexibility index (Phi) is 5.74. The van der Waals surface area contributed by atoms with Gasteiger partial charge in [0.15, 0.2) is 0 Å². The van der Waals surface area contributed by atoms with Gasteiger partial charge in [0.05, 0.1) is 31.8 Å². The molecule has 1 aliphatic heterocycles. The summed E-state index contributed by atoms with van der Waals surface area (Å²) < 4.78 is 44.3. The minimum absolute atomic E-state index is 0.277. The lowest BCUT2D eigenvalue weighted by molar-refractivity contribution is -0.00258. The Balaban J connectivity index is 1.87. The van der Waals surface area contributed by atoms with Crippen molar-refractivity contribution in [2.24, 2.45) is 0 Å². The van der Waals surface area contributed by atoms with E-state index in [1.54, 1.807) is 33.3 Å². The minimum atomic E-state index is -3.62. The maximum Gasteiger partial charge on any atom is 0.243 e. The minimum Gasteiger partial charge on any atom is -0.497 e. The van der Waals surface area contributed by atoms with Crippen LogP contribution < -0.4 is 9.47 Å². The van der Waals surface area contributed by atoms with Gasteiger partial charge in [0.2, 0.25) is 10.0 Å². The number of hydrogen-bond acceptors (Lipinski definition) is 5. The fraction of sp³-hybridized carbons (Fsp3) is 0.400. The second kappa shape index (κ2) is 7.88. The predicted octanol–water partition coefficient (Wildman–Crippen LogP) is 3.08. The van der Waals surface area contributed by atoms with Gasteiger partial charge >= 0.3 is 0 Å². The molecule has 146 valence electrons. The van der Waals surface area contributed by atoms with Crippen LogP contribution in [-0.2, 0) is 14.8 Å². The second-order valence-electron chi connectivity index (χ2n) is 6.58. The van der Waals surface area contributed by atoms with Crippen molar-refractivity contribution in [2.75, 3.05) is 33.9 Å². The fourth-order valence-electron chi connectivity index (χ4n) is 3.26. The van der Waals surface area contributed by atoms with E-state index < -0.39 is 10.0 Å². The average Bonchev–Trinajstić information content (AvgIpc) is 2.69. The molecule has 2 aromatic rings. The molecular formula is C20H25NO5S. The van der Waals surface area contributed by atoms with E-state index in [2.05, 4.69) is 0 Å². The van der Waals surface area contributed by atoms with E-state index in [4.69, 9.17) is 14.2 Å². The van der Waals surface area contributed by atoms with Gasteiger partial charge in [-0.2, -0.15) is 4.31 Å². The second-order valence-corrected chi connectivity index (χ2v) is 8.49. The van der Waals surface area contributed by atoms with Crippen molar-refractivity contribution in [3.05, 3.63) is 53.1 Å². The highest BCUT2D eigenvalue weighted by Crippen LogP contribution is 2.31. The van der Waals surface area contributed by atoms with Crippen LogP contribution in [0.25, 0.3) is 0 Å². The van der Waals surface area contributed by atoms with Crippen molar-refractivity contribution in [1.29, 1.82) is 0 Å². The fourth-order valence-corrected chi connectivity index (χ4v) is 4.98. The quantitative estimate of drug-likeness (QED) is 0.784. The number of benzene rings is 2. The molecule has 1 saturated heterocycles. The highest BCUT2D eigenvalue weighted by atomic mass is 32.2. The first-order valence-electron chi connectivity index (χ1n) is 8.77. The highest BCUT2D eigenvalue weighted by Gasteiger charge is 2.32. The maximum atomic E-state index is 13.2. The summed E-state index contributed by atoms with van der Waals surface area (Å²) in [6.07, 6.45) is -0.306. The number of methoxy groups -OCH3 is 2. The molecule has 2 aromatic carbocycles. The van der Waals surface area contributed by atoms with E-state index in [0.717, 1.165) is 16.9 Å². The molecule has 0 spiro atoms. The van der Waals surface area contributed by atoms with Crippen LogP contribution in [0, 0.1) is 13.8 Å². The summed E-state index contributed by atoms with van der Waals surface area (Å²) in [6.45, 7) is 4.59. The molecule has 6 nitrogen and oxygen atoms in total. The molecule has 1 unspecified atom stereocenters. The third-order valence-corrected chi connectivity index (χ3v) is 6.83. The number of sulfonamides is 1. The lowest BCUT2D eigenvalue weighted by Gasteiger charge is -2.33. The zero-order chi connectivity index (χ0) is 19.6. The molecule has 1 aliphatic rings. The Morgan fingerprint density at radius 2 is 1.74 bits per heavy atom. The first kappa shape index (κ1) is 19.7. The summed E-state index contributed by atoms with van der Waals surface area (Å²) in [5.41, 5.74) is 2.39. The number of nitrogens with zero attached hydrogens (tertiary/aromatic N) is 1. The smallest absolute Gasteiger partial charge is 0.243 e. The number of ether oxygens (including phenoxy) is 3. The molecule has 0 amide bonds. The van der Waals surface area contributed by atoms with Crippen LogP contribution in [0.2, 0.25) is 0 Å². The Bertz CT molecular complexity index is 909. The third kappa shape index (κ3) is 3.95. The number of morpholine rings is 1. The molecular weight excluding hydrogens is 366 g/mol. The van der Waals surface area contributed by atoms with E-state index >= 15 is 0 Å². The van der Waals surface area contributed by atoms with Crippen molar-refractivity contribution < 1.29 is 22.6 Å². The summed E-state index contributed by atoms with van der Waals surface area (Å²) >= 11 is 0. The van der Waals surface area contributed by atoms with Gasteiger partial charge in [0.1, 0.15) is 11.5 Å².